The summed E-state index contributed by atoms with van der Waals surface area (Å²) >= 11 is 0. The molecule has 1 saturated heterocycles. The number of methoxy groups -OCH3 is 1. The molecule has 0 aromatic carbocycles. The lowest BCUT2D eigenvalue weighted by Crippen LogP contribution is -2.49. The van der Waals surface area contributed by atoms with Gasteiger partial charge < -0.3 is 19.7 Å². The second-order valence-electron chi connectivity index (χ2n) is 7.63. The molecule has 5 nitrogen and oxygen atoms in total. The molecule has 0 saturated carbocycles. The Hall–Kier alpha value is -0.810. The third kappa shape index (κ3) is 7.14. The van der Waals surface area contributed by atoms with E-state index in [1.807, 2.05) is 25.7 Å². The molecule has 1 heterocycles. The number of piperidine rings is 1. The van der Waals surface area contributed by atoms with E-state index >= 15 is 0 Å². The summed E-state index contributed by atoms with van der Waals surface area (Å²) in [6, 6.07) is 0. The Balaban J connectivity index is 2.43. The van der Waals surface area contributed by atoms with Crippen LogP contribution >= 0.6 is 0 Å². The van der Waals surface area contributed by atoms with Crippen molar-refractivity contribution in [2.45, 2.75) is 58.6 Å². The smallest absolute Gasteiger partial charge is 0.410 e. The van der Waals surface area contributed by atoms with Gasteiger partial charge in [-0.25, -0.2) is 4.79 Å². The Morgan fingerprint density at radius 3 is 2.52 bits per heavy atom. The third-order valence-corrected chi connectivity index (χ3v) is 3.55. The Kier molecular flexibility index (Phi) is 6.47. The van der Waals surface area contributed by atoms with Crippen molar-refractivity contribution in [2.75, 3.05) is 33.4 Å². The van der Waals surface area contributed by atoms with Gasteiger partial charge in [0.1, 0.15) is 5.60 Å². The molecule has 0 bridgehead atoms. The monoisotopic (exact) mass is 300 g/mol. The number of likely N-dealkylation sites (tertiary alicyclic amines) is 1. The third-order valence-electron chi connectivity index (χ3n) is 3.55. The van der Waals surface area contributed by atoms with Crippen LogP contribution in [0.2, 0.25) is 0 Å². The lowest BCUT2D eigenvalue weighted by molar-refractivity contribution is 0.0160. The zero-order valence-electron chi connectivity index (χ0n) is 14.5. The van der Waals surface area contributed by atoms with Gasteiger partial charge in [-0.3, -0.25) is 0 Å². The Labute approximate surface area is 129 Å². The van der Waals surface area contributed by atoms with Gasteiger partial charge in [-0.2, -0.15) is 0 Å². The predicted octanol–water partition coefficient (Wildman–Crippen LogP) is 2.65. The number of hydrogen-bond acceptors (Lipinski definition) is 4. The average Bonchev–Trinajstić information content (AvgIpc) is 2.35. The molecule has 0 radical (unpaired) electrons. The van der Waals surface area contributed by atoms with E-state index in [1.165, 1.54) is 0 Å². The van der Waals surface area contributed by atoms with Gasteiger partial charge in [0, 0.05) is 32.3 Å². The van der Waals surface area contributed by atoms with Crippen LogP contribution in [0.3, 0.4) is 0 Å². The summed E-state index contributed by atoms with van der Waals surface area (Å²) in [5.41, 5.74) is -0.467. The highest BCUT2D eigenvalue weighted by Gasteiger charge is 2.28. The van der Waals surface area contributed by atoms with Crippen LogP contribution < -0.4 is 5.32 Å². The topological polar surface area (TPSA) is 50.8 Å². The SMILES string of the molecule is COCC(C)(C)NCC1CCCN(C(=O)OC(C)(C)C)C1. The minimum absolute atomic E-state index is 0.0387. The Morgan fingerprint density at radius 2 is 1.95 bits per heavy atom. The molecule has 0 spiro atoms. The van der Waals surface area contributed by atoms with Crippen LogP contribution in [-0.4, -0.2) is 55.5 Å². The minimum Gasteiger partial charge on any atom is -0.444 e. The van der Waals surface area contributed by atoms with Crippen molar-refractivity contribution in [1.29, 1.82) is 0 Å². The van der Waals surface area contributed by atoms with E-state index in [0.29, 0.717) is 12.5 Å². The summed E-state index contributed by atoms with van der Waals surface area (Å²) in [6.07, 6.45) is 1.99. The summed E-state index contributed by atoms with van der Waals surface area (Å²) in [6.45, 7) is 13.1. The van der Waals surface area contributed by atoms with Gasteiger partial charge in [0.25, 0.3) is 0 Å². The second-order valence-corrected chi connectivity index (χ2v) is 7.63. The number of rotatable bonds is 5. The van der Waals surface area contributed by atoms with Crippen LogP contribution in [-0.2, 0) is 9.47 Å². The molecule has 1 aliphatic heterocycles. The Bertz CT molecular complexity index is 337. The van der Waals surface area contributed by atoms with Gasteiger partial charge in [0.2, 0.25) is 0 Å². The van der Waals surface area contributed by atoms with Crippen molar-refractivity contribution >= 4 is 6.09 Å². The molecular weight excluding hydrogens is 268 g/mol. The average molecular weight is 300 g/mol. The highest BCUT2D eigenvalue weighted by atomic mass is 16.6. The highest BCUT2D eigenvalue weighted by molar-refractivity contribution is 5.68. The number of carbonyl (C=O) groups is 1. The van der Waals surface area contributed by atoms with Crippen LogP contribution in [0.5, 0.6) is 0 Å². The van der Waals surface area contributed by atoms with Gasteiger partial charge in [-0.15, -0.1) is 0 Å². The van der Waals surface area contributed by atoms with E-state index in [1.54, 1.807) is 7.11 Å². The first-order valence-corrected chi connectivity index (χ1v) is 7.85. The van der Waals surface area contributed by atoms with E-state index in [-0.39, 0.29) is 11.6 Å². The van der Waals surface area contributed by atoms with Crippen molar-refractivity contribution in [3.63, 3.8) is 0 Å². The fourth-order valence-electron chi connectivity index (χ4n) is 2.56. The first-order chi connectivity index (χ1) is 9.63. The van der Waals surface area contributed by atoms with Gasteiger partial charge in [0.15, 0.2) is 0 Å². The largest absolute Gasteiger partial charge is 0.444 e. The summed E-state index contributed by atoms with van der Waals surface area (Å²) in [4.78, 5) is 14.0. The van der Waals surface area contributed by atoms with Gasteiger partial charge in [-0.1, -0.05) is 0 Å². The first kappa shape index (κ1) is 18.2. The molecule has 1 N–H and O–H groups in total. The lowest BCUT2D eigenvalue weighted by atomic mass is 9.96. The second kappa shape index (κ2) is 7.45. The molecule has 1 unspecified atom stereocenters. The normalized spacial score (nSPS) is 20.5. The molecule has 1 rings (SSSR count). The zero-order chi connectivity index (χ0) is 16.1. The molecular formula is C16H32N2O3. The highest BCUT2D eigenvalue weighted by Crippen LogP contribution is 2.19. The molecule has 0 aromatic rings. The fraction of sp³-hybridized carbons (Fsp3) is 0.938. The number of ether oxygens (including phenoxy) is 2. The lowest BCUT2D eigenvalue weighted by Gasteiger charge is -2.36. The van der Waals surface area contributed by atoms with Crippen molar-refractivity contribution in [3.05, 3.63) is 0 Å². The molecule has 1 fully saturated rings. The predicted molar refractivity (Wildman–Crippen MR) is 84.5 cm³/mol. The summed E-state index contributed by atoms with van der Waals surface area (Å²) in [5, 5.41) is 3.53. The Morgan fingerprint density at radius 1 is 1.29 bits per heavy atom. The molecule has 5 heteroatoms. The van der Waals surface area contributed by atoms with Gasteiger partial charge in [-0.05, 0) is 53.4 Å². The zero-order valence-corrected chi connectivity index (χ0v) is 14.5. The number of amides is 1. The fourth-order valence-corrected chi connectivity index (χ4v) is 2.56. The van der Waals surface area contributed by atoms with E-state index in [9.17, 15) is 4.79 Å². The van der Waals surface area contributed by atoms with Crippen LogP contribution in [0.15, 0.2) is 0 Å². The standard InChI is InChI=1S/C16H32N2O3/c1-15(2,3)21-14(19)18-9-7-8-13(11-18)10-17-16(4,5)12-20-6/h13,17H,7-12H2,1-6H3. The van der Waals surface area contributed by atoms with E-state index < -0.39 is 5.60 Å². The van der Waals surface area contributed by atoms with Crippen LogP contribution in [0.4, 0.5) is 4.79 Å². The molecule has 0 aromatic heterocycles. The summed E-state index contributed by atoms with van der Waals surface area (Å²) in [5.74, 6) is 0.474. The van der Waals surface area contributed by atoms with E-state index in [4.69, 9.17) is 9.47 Å². The van der Waals surface area contributed by atoms with Crippen LogP contribution in [0.25, 0.3) is 0 Å². The van der Waals surface area contributed by atoms with Crippen molar-refractivity contribution in [3.8, 4) is 0 Å². The number of nitrogens with zero attached hydrogens (tertiary/aromatic N) is 1. The van der Waals surface area contributed by atoms with Crippen molar-refractivity contribution in [2.24, 2.45) is 5.92 Å². The molecule has 1 atom stereocenters. The molecule has 124 valence electrons. The molecule has 21 heavy (non-hydrogen) atoms. The number of carbonyl (C=O) groups excluding carboxylic acids is 1. The van der Waals surface area contributed by atoms with E-state index in [0.717, 1.165) is 32.5 Å². The maximum Gasteiger partial charge on any atom is 0.410 e. The van der Waals surface area contributed by atoms with Gasteiger partial charge in [0.05, 0.1) is 6.61 Å². The van der Waals surface area contributed by atoms with E-state index in [2.05, 4.69) is 19.2 Å². The maximum atomic E-state index is 12.1. The molecule has 1 aliphatic rings. The number of hydrogen-bond donors (Lipinski definition) is 1. The quantitative estimate of drug-likeness (QED) is 0.848. The first-order valence-electron chi connectivity index (χ1n) is 7.85. The van der Waals surface area contributed by atoms with Crippen molar-refractivity contribution < 1.29 is 14.3 Å². The summed E-state index contributed by atoms with van der Waals surface area (Å²) in [7, 11) is 1.72. The van der Waals surface area contributed by atoms with Crippen LogP contribution in [0, 0.1) is 5.92 Å². The molecule has 1 amide bonds. The summed E-state index contributed by atoms with van der Waals surface area (Å²) < 4.78 is 10.7. The van der Waals surface area contributed by atoms with Gasteiger partial charge >= 0.3 is 6.09 Å². The minimum atomic E-state index is -0.428. The molecule has 0 aliphatic carbocycles. The van der Waals surface area contributed by atoms with Crippen molar-refractivity contribution in [1.82, 2.24) is 10.2 Å². The van der Waals surface area contributed by atoms with Crippen LogP contribution in [0.1, 0.15) is 47.5 Å². The maximum absolute atomic E-state index is 12.1. The number of nitrogens with one attached hydrogen (secondary N) is 1.